The Hall–Kier alpha value is -0.990. The Morgan fingerprint density at radius 2 is 2.05 bits per heavy atom. The van der Waals surface area contributed by atoms with E-state index in [9.17, 15) is 0 Å². The van der Waals surface area contributed by atoms with Gasteiger partial charge in [-0.1, -0.05) is 44.0 Å². The summed E-state index contributed by atoms with van der Waals surface area (Å²) >= 11 is 6.03. The third-order valence-corrected chi connectivity index (χ3v) is 3.99. The minimum absolute atomic E-state index is 0.293. The molecule has 0 aromatic heterocycles. The summed E-state index contributed by atoms with van der Waals surface area (Å²) in [4.78, 5) is 2.41. The van der Waals surface area contributed by atoms with E-state index in [0.29, 0.717) is 5.41 Å². The molecule has 0 saturated carbocycles. The van der Waals surface area contributed by atoms with Crippen molar-refractivity contribution < 1.29 is 0 Å². The van der Waals surface area contributed by atoms with Crippen LogP contribution in [0.25, 0.3) is 0 Å². The number of rotatable bonds is 2. The maximum Gasteiger partial charge on any atom is 0.0410 e. The number of nitrogen functional groups attached to an aromatic ring is 1. The van der Waals surface area contributed by atoms with E-state index in [1.165, 1.54) is 0 Å². The van der Waals surface area contributed by atoms with Crippen LogP contribution in [-0.4, -0.2) is 18.0 Å². The molecule has 0 unspecified atom stereocenters. The number of hydrogen-bond acceptors (Lipinski definition) is 2. The van der Waals surface area contributed by atoms with Gasteiger partial charge in [0.25, 0.3) is 0 Å². The van der Waals surface area contributed by atoms with Gasteiger partial charge in [-0.25, -0.2) is 0 Å². The van der Waals surface area contributed by atoms with E-state index in [1.807, 2.05) is 18.2 Å². The molecule has 0 bridgehead atoms. The third kappa shape index (κ3) is 3.74. The summed E-state index contributed by atoms with van der Waals surface area (Å²) in [5.74, 6) is 0. The zero-order valence-electron chi connectivity index (χ0n) is 12.0. The lowest BCUT2D eigenvalue weighted by molar-refractivity contribution is 0.272. The van der Waals surface area contributed by atoms with Crippen LogP contribution < -0.4 is 5.73 Å². The van der Waals surface area contributed by atoms with Gasteiger partial charge in [-0.15, -0.1) is 0 Å². The summed E-state index contributed by atoms with van der Waals surface area (Å²) in [7, 11) is 0. The molecular formula is C16H23ClN2. The number of benzene rings is 1. The van der Waals surface area contributed by atoms with Crippen LogP contribution in [0.4, 0.5) is 5.69 Å². The number of anilines is 1. The van der Waals surface area contributed by atoms with Crippen molar-refractivity contribution in [1.82, 2.24) is 4.90 Å². The van der Waals surface area contributed by atoms with E-state index in [2.05, 4.69) is 31.7 Å². The third-order valence-electron chi connectivity index (χ3n) is 3.76. The topological polar surface area (TPSA) is 29.3 Å². The highest BCUT2D eigenvalue weighted by atomic mass is 35.5. The number of hydrogen-bond donors (Lipinski definition) is 1. The Kier molecular flexibility index (Phi) is 4.22. The predicted molar refractivity (Wildman–Crippen MR) is 83.3 cm³/mol. The van der Waals surface area contributed by atoms with Gasteiger partial charge in [-0.2, -0.15) is 0 Å². The fraction of sp³-hybridized carbons (Fsp3) is 0.500. The molecule has 1 aliphatic rings. The Morgan fingerprint density at radius 1 is 1.32 bits per heavy atom. The molecule has 0 amide bonds. The van der Waals surface area contributed by atoms with Gasteiger partial charge in [-0.05, 0) is 35.6 Å². The first-order valence-electron chi connectivity index (χ1n) is 6.82. The Bertz CT molecular complexity index is 486. The lowest BCUT2D eigenvalue weighted by atomic mass is 9.83. The lowest BCUT2D eigenvalue weighted by Gasteiger charge is -2.32. The van der Waals surface area contributed by atoms with E-state index >= 15 is 0 Å². The van der Waals surface area contributed by atoms with Crippen LogP contribution in [0, 0.1) is 5.41 Å². The molecule has 2 N–H and O–H groups in total. The molecular weight excluding hydrogens is 256 g/mol. The molecule has 2 rings (SSSR count). The van der Waals surface area contributed by atoms with Crippen molar-refractivity contribution in [2.75, 3.05) is 18.8 Å². The molecule has 0 aliphatic carbocycles. The van der Waals surface area contributed by atoms with Crippen LogP contribution in [0.2, 0.25) is 5.02 Å². The van der Waals surface area contributed by atoms with Crippen LogP contribution in [0.3, 0.4) is 0 Å². The molecule has 2 nitrogen and oxygen atoms in total. The van der Waals surface area contributed by atoms with Gasteiger partial charge < -0.3 is 5.73 Å². The highest BCUT2D eigenvalue weighted by Crippen LogP contribution is 2.30. The Morgan fingerprint density at radius 3 is 2.63 bits per heavy atom. The van der Waals surface area contributed by atoms with Crippen LogP contribution >= 0.6 is 11.6 Å². The van der Waals surface area contributed by atoms with Crippen molar-refractivity contribution in [1.29, 1.82) is 0 Å². The highest BCUT2D eigenvalue weighted by molar-refractivity contribution is 6.30. The van der Waals surface area contributed by atoms with E-state index < -0.39 is 0 Å². The maximum atomic E-state index is 6.03. The monoisotopic (exact) mass is 278 g/mol. The standard InChI is InChI=1S/C16H23ClN2/c1-16(2,3)13-6-8-19(9-7-13)11-12-10-14(17)4-5-15(12)18/h4-6,10H,7-9,11,18H2,1-3H3. The summed E-state index contributed by atoms with van der Waals surface area (Å²) in [5, 5.41) is 0.757. The van der Waals surface area contributed by atoms with E-state index in [1.54, 1.807) is 5.57 Å². The Labute approximate surface area is 121 Å². The predicted octanol–water partition coefficient (Wildman–Crippen LogP) is 4.10. The van der Waals surface area contributed by atoms with Gasteiger partial charge in [-0.3, -0.25) is 4.90 Å². The summed E-state index contributed by atoms with van der Waals surface area (Å²) in [6, 6.07) is 5.70. The molecule has 0 saturated heterocycles. The fourth-order valence-electron chi connectivity index (χ4n) is 2.49. The number of halogens is 1. The smallest absolute Gasteiger partial charge is 0.0410 e. The second kappa shape index (κ2) is 5.56. The normalized spacial score (nSPS) is 17.4. The number of nitrogens with two attached hydrogens (primary N) is 1. The van der Waals surface area contributed by atoms with Gasteiger partial charge in [0.15, 0.2) is 0 Å². The zero-order chi connectivity index (χ0) is 14.0. The summed E-state index contributed by atoms with van der Waals surface area (Å²) in [5.41, 5.74) is 9.81. The first kappa shape index (κ1) is 14.4. The van der Waals surface area contributed by atoms with Crippen LogP contribution in [0.5, 0.6) is 0 Å². The largest absolute Gasteiger partial charge is 0.398 e. The quantitative estimate of drug-likeness (QED) is 0.652. The van der Waals surface area contributed by atoms with Gasteiger partial charge >= 0.3 is 0 Å². The zero-order valence-corrected chi connectivity index (χ0v) is 12.8. The molecule has 1 aliphatic heterocycles. The average molecular weight is 279 g/mol. The van der Waals surface area contributed by atoms with Crippen molar-refractivity contribution in [3.05, 3.63) is 40.4 Å². The van der Waals surface area contributed by atoms with Crippen molar-refractivity contribution >= 4 is 17.3 Å². The average Bonchev–Trinajstić information content (AvgIpc) is 2.33. The molecule has 0 spiro atoms. The van der Waals surface area contributed by atoms with Crippen LogP contribution in [0.15, 0.2) is 29.8 Å². The van der Waals surface area contributed by atoms with Gasteiger partial charge in [0.1, 0.15) is 0 Å². The van der Waals surface area contributed by atoms with Crippen LogP contribution in [0.1, 0.15) is 32.8 Å². The van der Waals surface area contributed by atoms with Crippen LogP contribution in [-0.2, 0) is 6.54 Å². The van der Waals surface area contributed by atoms with E-state index in [4.69, 9.17) is 17.3 Å². The molecule has 0 atom stereocenters. The maximum absolute atomic E-state index is 6.03. The van der Waals surface area contributed by atoms with Gasteiger partial charge in [0.2, 0.25) is 0 Å². The molecule has 1 aromatic carbocycles. The van der Waals surface area contributed by atoms with Crippen molar-refractivity contribution in [3.8, 4) is 0 Å². The van der Waals surface area contributed by atoms with Gasteiger partial charge in [0, 0.05) is 30.3 Å². The molecule has 19 heavy (non-hydrogen) atoms. The lowest BCUT2D eigenvalue weighted by Crippen LogP contribution is -2.31. The second-order valence-corrected chi connectivity index (χ2v) is 6.74. The first-order valence-corrected chi connectivity index (χ1v) is 7.20. The summed E-state index contributed by atoms with van der Waals surface area (Å²) in [6.45, 7) is 9.81. The molecule has 0 fully saturated rings. The molecule has 0 radical (unpaired) electrons. The summed E-state index contributed by atoms with van der Waals surface area (Å²) in [6.07, 6.45) is 3.51. The number of nitrogens with zero attached hydrogens (tertiary/aromatic N) is 1. The summed E-state index contributed by atoms with van der Waals surface area (Å²) < 4.78 is 0. The minimum Gasteiger partial charge on any atom is -0.398 e. The van der Waals surface area contributed by atoms with Crippen molar-refractivity contribution in [2.45, 2.75) is 33.7 Å². The van der Waals surface area contributed by atoms with Crippen molar-refractivity contribution in [2.24, 2.45) is 5.41 Å². The SMILES string of the molecule is CC(C)(C)C1=CCN(Cc2cc(Cl)ccc2N)CC1. The fourth-order valence-corrected chi connectivity index (χ4v) is 2.68. The second-order valence-electron chi connectivity index (χ2n) is 6.31. The highest BCUT2D eigenvalue weighted by Gasteiger charge is 2.21. The Balaban J connectivity index is 2.03. The van der Waals surface area contributed by atoms with Gasteiger partial charge in [0.05, 0.1) is 0 Å². The molecule has 1 heterocycles. The molecule has 1 aromatic rings. The van der Waals surface area contributed by atoms with E-state index in [-0.39, 0.29) is 0 Å². The first-order chi connectivity index (χ1) is 8.86. The minimum atomic E-state index is 0.293. The molecule has 3 heteroatoms. The molecule has 104 valence electrons. The van der Waals surface area contributed by atoms with E-state index in [0.717, 1.165) is 42.3 Å². The van der Waals surface area contributed by atoms with Crippen molar-refractivity contribution in [3.63, 3.8) is 0 Å².